The molecule has 0 bridgehead atoms. The van der Waals surface area contributed by atoms with E-state index >= 15 is 0 Å². The first-order valence-electron chi connectivity index (χ1n) is 3.36. The van der Waals surface area contributed by atoms with Gasteiger partial charge in [-0.05, 0) is 0 Å². The smallest absolute Gasteiger partial charge is 0.334 e. The Bertz CT molecular complexity index is 227. The van der Waals surface area contributed by atoms with Gasteiger partial charge in [0.15, 0.2) is 6.10 Å². The van der Waals surface area contributed by atoms with Crippen LogP contribution in [-0.2, 0) is 14.3 Å². The minimum absolute atomic E-state index is 0.0150. The molecule has 0 aromatic carbocycles. The van der Waals surface area contributed by atoms with E-state index in [1.807, 2.05) is 0 Å². The van der Waals surface area contributed by atoms with Crippen LogP contribution in [0.5, 0.6) is 0 Å². The van der Waals surface area contributed by atoms with Gasteiger partial charge in [0.1, 0.15) is 6.23 Å². The number of amides is 1. The molecule has 0 radical (unpaired) electrons. The Kier molecular flexibility index (Phi) is 1.17. The van der Waals surface area contributed by atoms with Crippen LogP contribution in [0.15, 0.2) is 0 Å². The van der Waals surface area contributed by atoms with Gasteiger partial charge in [0.2, 0.25) is 5.91 Å². The van der Waals surface area contributed by atoms with Crippen LogP contribution in [0.1, 0.15) is 6.42 Å². The summed E-state index contributed by atoms with van der Waals surface area (Å²) < 4.78 is 5.00. The molecule has 5 nitrogen and oxygen atoms in total. The van der Waals surface area contributed by atoms with Gasteiger partial charge in [0, 0.05) is 0 Å². The third-order valence-electron chi connectivity index (χ3n) is 1.98. The van der Waals surface area contributed by atoms with Crippen molar-refractivity contribution >= 4 is 11.9 Å². The number of carbonyl (C=O) groups is 2. The first kappa shape index (κ1) is 6.60. The van der Waals surface area contributed by atoms with E-state index in [-0.39, 0.29) is 18.7 Å². The number of fused-ring (bicyclic) bond motifs is 1. The van der Waals surface area contributed by atoms with Crippen molar-refractivity contribution in [2.24, 2.45) is 0 Å². The van der Waals surface area contributed by atoms with E-state index in [2.05, 4.69) is 0 Å². The van der Waals surface area contributed by atoms with Crippen LogP contribution in [0.2, 0.25) is 0 Å². The number of β-lactam (4-membered cyclic amide) rings is 1. The molecule has 0 aliphatic carbocycles. The zero-order chi connectivity index (χ0) is 8.01. The van der Waals surface area contributed by atoms with E-state index in [0.717, 1.165) is 0 Å². The second-order valence-electron chi connectivity index (χ2n) is 2.67. The third-order valence-corrected chi connectivity index (χ3v) is 1.98. The number of nitrogens with zero attached hydrogens (tertiary/aromatic N) is 1. The number of carboxylic acids is 1. The molecule has 2 saturated heterocycles. The second-order valence-corrected chi connectivity index (χ2v) is 2.67. The lowest BCUT2D eigenvalue weighted by Crippen LogP contribution is -2.48. The van der Waals surface area contributed by atoms with Gasteiger partial charge in [-0.2, -0.15) is 0 Å². The lowest BCUT2D eigenvalue weighted by atomic mass is 10.2. The molecule has 60 valence electrons. The predicted molar refractivity (Wildman–Crippen MR) is 32.6 cm³/mol. The zero-order valence-corrected chi connectivity index (χ0v) is 5.69. The van der Waals surface area contributed by atoms with Crippen molar-refractivity contribution in [3.63, 3.8) is 0 Å². The maximum absolute atomic E-state index is 10.7. The van der Waals surface area contributed by atoms with E-state index in [9.17, 15) is 9.59 Å². The van der Waals surface area contributed by atoms with E-state index < -0.39 is 12.1 Å². The number of carbonyl (C=O) groups excluding carboxylic acids is 1. The van der Waals surface area contributed by atoms with E-state index in [0.29, 0.717) is 6.42 Å². The number of carboxylic acid groups (broad SMARTS) is 1. The van der Waals surface area contributed by atoms with Gasteiger partial charge in [0.25, 0.3) is 0 Å². The minimum atomic E-state index is -0.993. The highest BCUT2D eigenvalue weighted by molar-refractivity contribution is 5.85. The molecule has 1 N–H and O–H groups in total. The summed E-state index contributed by atoms with van der Waals surface area (Å²) in [6, 6.07) is 0. The van der Waals surface area contributed by atoms with Crippen molar-refractivity contribution in [1.29, 1.82) is 0 Å². The molecule has 1 amide bonds. The molecule has 0 aromatic heterocycles. The Labute approximate surface area is 62.5 Å². The fourth-order valence-corrected chi connectivity index (χ4v) is 1.31. The van der Waals surface area contributed by atoms with Crippen LogP contribution < -0.4 is 0 Å². The van der Waals surface area contributed by atoms with Crippen molar-refractivity contribution in [1.82, 2.24) is 4.90 Å². The second kappa shape index (κ2) is 1.94. The topological polar surface area (TPSA) is 66.8 Å². The van der Waals surface area contributed by atoms with Crippen LogP contribution in [0.25, 0.3) is 0 Å². The quantitative estimate of drug-likeness (QED) is 0.497. The molecule has 0 spiro atoms. The minimum Gasteiger partial charge on any atom is -0.479 e. The number of ether oxygens (including phenoxy) is 1. The molecule has 2 heterocycles. The zero-order valence-electron chi connectivity index (χ0n) is 5.69. The molecule has 2 aliphatic rings. The normalized spacial score (nSPS) is 34.9. The number of aliphatic carboxylic acids is 1. The highest BCUT2D eigenvalue weighted by Gasteiger charge is 2.47. The van der Waals surface area contributed by atoms with Crippen molar-refractivity contribution < 1.29 is 19.4 Å². The first-order chi connectivity index (χ1) is 5.18. The molecular weight excluding hydrogens is 150 g/mol. The molecule has 0 aromatic rings. The Balaban J connectivity index is 2.04. The Morgan fingerprint density at radius 1 is 1.73 bits per heavy atom. The largest absolute Gasteiger partial charge is 0.479 e. The summed E-state index contributed by atoms with van der Waals surface area (Å²) in [5, 5.41) is 8.50. The Morgan fingerprint density at radius 3 is 2.91 bits per heavy atom. The van der Waals surface area contributed by atoms with E-state index in [4.69, 9.17) is 9.84 Å². The monoisotopic (exact) mass is 157 g/mol. The average Bonchev–Trinajstić information content (AvgIpc) is 2.26. The fourth-order valence-electron chi connectivity index (χ4n) is 1.31. The summed E-state index contributed by atoms with van der Waals surface area (Å²) in [6.45, 7) is 0.207. The van der Waals surface area contributed by atoms with Crippen molar-refractivity contribution in [2.75, 3.05) is 6.54 Å². The SMILES string of the molecule is O=C(O)C1CN2C(=O)CC2O1. The Morgan fingerprint density at radius 2 is 2.45 bits per heavy atom. The Hall–Kier alpha value is -1.10. The average molecular weight is 157 g/mol. The maximum atomic E-state index is 10.7. The van der Waals surface area contributed by atoms with Crippen LogP contribution in [0.4, 0.5) is 0 Å². The first-order valence-corrected chi connectivity index (χ1v) is 3.36. The highest BCUT2D eigenvalue weighted by Crippen LogP contribution is 2.28. The number of hydrogen-bond donors (Lipinski definition) is 1. The summed E-state index contributed by atoms with van der Waals surface area (Å²) >= 11 is 0. The van der Waals surface area contributed by atoms with E-state index in [1.165, 1.54) is 4.90 Å². The summed E-state index contributed by atoms with van der Waals surface area (Å²) in [4.78, 5) is 22.5. The number of hydrogen-bond acceptors (Lipinski definition) is 3. The van der Waals surface area contributed by atoms with Crippen molar-refractivity contribution in [3.8, 4) is 0 Å². The van der Waals surface area contributed by atoms with E-state index in [1.54, 1.807) is 0 Å². The van der Waals surface area contributed by atoms with Gasteiger partial charge in [-0.25, -0.2) is 4.79 Å². The third kappa shape index (κ3) is 0.808. The maximum Gasteiger partial charge on any atom is 0.334 e. The molecule has 0 saturated carbocycles. The summed E-state index contributed by atoms with van der Waals surface area (Å²) in [5.74, 6) is -1.01. The fraction of sp³-hybridized carbons (Fsp3) is 0.667. The van der Waals surface area contributed by atoms with Gasteiger partial charge in [-0.1, -0.05) is 0 Å². The van der Waals surface area contributed by atoms with Crippen molar-refractivity contribution in [3.05, 3.63) is 0 Å². The predicted octanol–water partition coefficient (Wildman–Crippen LogP) is -0.972. The van der Waals surface area contributed by atoms with Gasteiger partial charge >= 0.3 is 5.97 Å². The van der Waals surface area contributed by atoms with Gasteiger partial charge in [0.05, 0.1) is 13.0 Å². The number of rotatable bonds is 1. The summed E-state index contributed by atoms with van der Waals surface area (Å²) in [5.41, 5.74) is 0. The lowest BCUT2D eigenvalue weighted by molar-refractivity contribution is -0.162. The van der Waals surface area contributed by atoms with Gasteiger partial charge in [-0.15, -0.1) is 0 Å². The molecular formula is C6H7NO4. The highest BCUT2D eigenvalue weighted by atomic mass is 16.6. The molecule has 2 fully saturated rings. The molecule has 2 atom stereocenters. The summed E-state index contributed by atoms with van der Waals surface area (Å²) in [7, 11) is 0. The molecule has 2 unspecified atom stereocenters. The van der Waals surface area contributed by atoms with Gasteiger partial charge in [-0.3, -0.25) is 4.79 Å². The molecule has 2 aliphatic heterocycles. The lowest BCUT2D eigenvalue weighted by Gasteiger charge is -2.31. The van der Waals surface area contributed by atoms with Crippen LogP contribution in [0, 0.1) is 0 Å². The van der Waals surface area contributed by atoms with Crippen LogP contribution >= 0.6 is 0 Å². The molecule has 5 heteroatoms. The molecule has 11 heavy (non-hydrogen) atoms. The van der Waals surface area contributed by atoms with Crippen molar-refractivity contribution in [2.45, 2.75) is 18.8 Å². The molecule has 2 rings (SSSR count). The van der Waals surface area contributed by atoms with Crippen LogP contribution in [-0.4, -0.2) is 40.8 Å². The van der Waals surface area contributed by atoms with Gasteiger partial charge < -0.3 is 14.7 Å². The standard InChI is InChI=1S/C6H7NO4/c8-4-1-5-7(4)2-3(11-5)6(9)10/h3,5H,1-2H2,(H,9,10). The summed E-state index contributed by atoms with van der Waals surface area (Å²) in [6.07, 6.45) is -0.737. The van der Waals surface area contributed by atoms with Crippen LogP contribution in [0.3, 0.4) is 0 Å².